The second-order valence-electron chi connectivity index (χ2n) is 3.58. The van der Waals surface area contributed by atoms with Crippen LogP contribution in [0.25, 0.3) is 0 Å². The molecular formula is C11H14NO. The summed E-state index contributed by atoms with van der Waals surface area (Å²) in [4.78, 5) is 10.9. The number of hydrogen-bond donors (Lipinski definition) is 0. The number of rotatable bonds is 3. The lowest BCUT2D eigenvalue weighted by Gasteiger charge is -2.07. The van der Waals surface area contributed by atoms with Gasteiger partial charge in [-0.1, -0.05) is 32.0 Å². The summed E-state index contributed by atoms with van der Waals surface area (Å²) in [6, 6.07) is 7.34. The highest BCUT2D eigenvalue weighted by atomic mass is 16.1. The number of benzene rings is 1. The van der Waals surface area contributed by atoms with Crippen LogP contribution in [0.5, 0.6) is 0 Å². The van der Waals surface area contributed by atoms with E-state index in [2.05, 4.69) is 13.8 Å². The highest BCUT2D eigenvalue weighted by Gasteiger charge is 2.08. The zero-order valence-corrected chi connectivity index (χ0v) is 8.00. The van der Waals surface area contributed by atoms with Crippen LogP contribution in [0.15, 0.2) is 24.3 Å². The molecule has 1 rings (SSSR count). The maximum Gasteiger partial charge on any atom is 0.269 e. The molecular weight excluding hydrogens is 162 g/mol. The van der Waals surface area contributed by atoms with Crippen molar-refractivity contribution in [2.75, 3.05) is 0 Å². The van der Waals surface area contributed by atoms with Crippen LogP contribution >= 0.6 is 0 Å². The zero-order valence-electron chi connectivity index (χ0n) is 8.00. The molecule has 0 atom stereocenters. The van der Waals surface area contributed by atoms with Crippen molar-refractivity contribution in [1.82, 2.24) is 5.73 Å². The van der Waals surface area contributed by atoms with Gasteiger partial charge in [0.2, 0.25) is 0 Å². The first-order valence-corrected chi connectivity index (χ1v) is 4.45. The van der Waals surface area contributed by atoms with Gasteiger partial charge in [-0.2, -0.15) is 0 Å². The first-order chi connectivity index (χ1) is 6.11. The lowest BCUT2D eigenvalue weighted by Crippen LogP contribution is -2.06. The van der Waals surface area contributed by atoms with E-state index in [1.165, 1.54) is 0 Å². The van der Waals surface area contributed by atoms with Crippen molar-refractivity contribution in [1.29, 1.82) is 0 Å². The van der Waals surface area contributed by atoms with Crippen molar-refractivity contribution in [3.63, 3.8) is 0 Å². The van der Waals surface area contributed by atoms with E-state index in [0.29, 0.717) is 11.5 Å². The molecule has 0 bridgehead atoms. The fourth-order valence-corrected chi connectivity index (χ4v) is 1.36. The Labute approximate surface area is 78.8 Å². The van der Waals surface area contributed by atoms with Gasteiger partial charge in [-0.3, -0.25) is 10.5 Å². The standard InChI is InChI=1S/C11H14NO/c1-8(2)7-9-5-3-4-6-10(9)11(12)13/h3-6,8,12H,7H2,1-2H3. The zero-order chi connectivity index (χ0) is 9.84. The van der Waals surface area contributed by atoms with Gasteiger partial charge in [0, 0.05) is 5.56 Å². The van der Waals surface area contributed by atoms with Gasteiger partial charge >= 0.3 is 0 Å². The molecule has 0 aliphatic rings. The molecule has 0 unspecified atom stereocenters. The summed E-state index contributed by atoms with van der Waals surface area (Å²) in [7, 11) is 0. The molecule has 2 heteroatoms. The van der Waals surface area contributed by atoms with Gasteiger partial charge in [-0.05, 0) is 24.0 Å². The van der Waals surface area contributed by atoms with Crippen molar-refractivity contribution in [3.05, 3.63) is 35.4 Å². The molecule has 0 aliphatic heterocycles. The van der Waals surface area contributed by atoms with Crippen LogP contribution in [0.3, 0.4) is 0 Å². The second-order valence-corrected chi connectivity index (χ2v) is 3.58. The molecule has 2 nitrogen and oxygen atoms in total. The van der Waals surface area contributed by atoms with Gasteiger partial charge in [-0.15, -0.1) is 0 Å². The Morgan fingerprint density at radius 2 is 2.00 bits per heavy atom. The van der Waals surface area contributed by atoms with Crippen molar-refractivity contribution in [2.24, 2.45) is 5.92 Å². The lowest BCUT2D eigenvalue weighted by molar-refractivity contribution is 0.0991. The Kier molecular flexibility index (Phi) is 3.07. The third kappa shape index (κ3) is 2.58. The maximum absolute atomic E-state index is 10.9. The molecule has 1 amide bonds. The molecule has 0 fully saturated rings. The molecule has 1 aromatic carbocycles. The van der Waals surface area contributed by atoms with E-state index >= 15 is 0 Å². The van der Waals surface area contributed by atoms with E-state index in [1.807, 2.05) is 12.1 Å². The summed E-state index contributed by atoms with van der Waals surface area (Å²) in [6.45, 7) is 4.20. The summed E-state index contributed by atoms with van der Waals surface area (Å²) in [6.07, 6.45) is 0.862. The predicted octanol–water partition coefficient (Wildman–Crippen LogP) is 2.31. The largest absolute Gasteiger partial charge is 0.269 e. The van der Waals surface area contributed by atoms with Crippen LogP contribution in [-0.4, -0.2) is 5.91 Å². The van der Waals surface area contributed by atoms with Crippen LogP contribution in [0, 0.1) is 5.92 Å². The van der Waals surface area contributed by atoms with Crippen molar-refractivity contribution < 1.29 is 4.79 Å². The van der Waals surface area contributed by atoms with Gasteiger partial charge in [0.1, 0.15) is 0 Å². The molecule has 0 aliphatic carbocycles. The molecule has 0 spiro atoms. The van der Waals surface area contributed by atoms with E-state index in [-0.39, 0.29) is 0 Å². The third-order valence-electron chi connectivity index (χ3n) is 1.89. The fourth-order valence-electron chi connectivity index (χ4n) is 1.36. The summed E-state index contributed by atoms with van der Waals surface area (Å²) in [5.41, 5.74) is 8.59. The number of nitrogens with one attached hydrogen (secondary N) is 1. The Morgan fingerprint density at radius 1 is 1.38 bits per heavy atom. The van der Waals surface area contributed by atoms with Gasteiger partial charge in [0.25, 0.3) is 5.91 Å². The average Bonchev–Trinajstić information content (AvgIpc) is 2.03. The minimum Gasteiger partial charge on any atom is -0.267 e. The Morgan fingerprint density at radius 3 is 2.54 bits per heavy atom. The van der Waals surface area contributed by atoms with Crippen LogP contribution in [0.4, 0.5) is 0 Å². The van der Waals surface area contributed by atoms with Gasteiger partial charge < -0.3 is 0 Å². The Bertz CT molecular complexity index is 305. The molecule has 1 radical (unpaired) electrons. The molecule has 69 valence electrons. The van der Waals surface area contributed by atoms with Crippen LogP contribution < -0.4 is 5.73 Å². The smallest absolute Gasteiger partial charge is 0.267 e. The number of amides is 1. The van der Waals surface area contributed by atoms with E-state index in [9.17, 15) is 4.79 Å². The molecule has 1 N–H and O–H groups in total. The summed E-state index contributed by atoms with van der Waals surface area (Å²) in [5, 5.41) is 0. The van der Waals surface area contributed by atoms with Crippen LogP contribution in [0.1, 0.15) is 29.8 Å². The van der Waals surface area contributed by atoms with E-state index in [4.69, 9.17) is 5.73 Å². The van der Waals surface area contributed by atoms with Crippen LogP contribution in [0.2, 0.25) is 0 Å². The highest BCUT2D eigenvalue weighted by molar-refractivity contribution is 5.93. The number of carbonyl (C=O) groups excluding carboxylic acids is 1. The van der Waals surface area contributed by atoms with Crippen molar-refractivity contribution in [3.8, 4) is 0 Å². The summed E-state index contributed by atoms with van der Waals surface area (Å²) >= 11 is 0. The Balaban J connectivity index is 2.98. The first-order valence-electron chi connectivity index (χ1n) is 4.45. The molecule has 0 saturated carbocycles. The third-order valence-corrected chi connectivity index (χ3v) is 1.89. The lowest BCUT2D eigenvalue weighted by atomic mass is 9.98. The number of hydrogen-bond acceptors (Lipinski definition) is 1. The highest BCUT2D eigenvalue weighted by Crippen LogP contribution is 2.13. The molecule has 1 aromatic rings. The second kappa shape index (κ2) is 4.08. The van der Waals surface area contributed by atoms with Crippen molar-refractivity contribution in [2.45, 2.75) is 20.3 Å². The summed E-state index contributed by atoms with van der Waals surface area (Å²) in [5.74, 6) is -0.0725. The maximum atomic E-state index is 10.9. The molecule has 0 aromatic heterocycles. The first kappa shape index (κ1) is 9.78. The normalized spacial score (nSPS) is 10.4. The topological polar surface area (TPSA) is 40.9 Å². The quantitative estimate of drug-likeness (QED) is 0.696. The monoisotopic (exact) mass is 176 g/mol. The Hall–Kier alpha value is -1.31. The van der Waals surface area contributed by atoms with Crippen molar-refractivity contribution >= 4 is 5.91 Å². The molecule has 0 heterocycles. The summed E-state index contributed by atoms with van der Waals surface area (Å²) < 4.78 is 0. The SMILES string of the molecule is CC(C)Cc1ccccc1C([NH])=O. The van der Waals surface area contributed by atoms with E-state index in [1.54, 1.807) is 12.1 Å². The van der Waals surface area contributed by atoms with Gasteiger partial charge in [0.05, 0.1) is 0 Å². The van der Waals surface area contributed by atoms with Gasteiger partial charge in [-0.25, -0.2) is 0 Å². The van der Waals surface area contributed by atoms with Gasteiger partial charge in [0.15, 0.2) is 0 Å². The van der Waals surface area contributed by atoms with E-state index < -0.39 is 5.91 Å². The number of carbonyl (C=O) groups is 1. The molecule has 13 heavy (non-hydrogen) atoms. The predicted molar refractivity (Wildman–Crippen MR) is 52.4 cm³/mol. The minimum absolute atomic E-state index is 0.514. The minimum atomic E-state index is -0.587. The van der Waals surface area contributed by atoms with Crippen LogP contribution in [-0.2, 0) is 6.42 Å². The van der Waals surface area contributed by atoms with E-state index in [0.717, 1.165) is 12.0 Å². The fraction of sp³-hybridized carbons (Fsp3) is 0.364. The molecule has 0 saturated heterocycles. The average molecular weight is 176 g/mol.